The Labute approximate surface area is 192 Å². The van der Waals surface area contributed by atoms with E-state index in [0.717, 1.165) is 0 Å². The third-order valence-electron chi connectivity index (χ3n) is 4.35. The van der Waals surface area contributed by atoms with Crippen LogP contribution in [0.2, 0.25) is 0 Å². The van der Waals surface area contributed by atoms with Crippen molar-refractivity contribution < 1.29 is 32.4 Å². The van der Waals surface area contributed by atoms with Gasteiger partial charge in [0.2, 0.25) is 0 Å². The van der Waals surface area contributed by atoms with Crippen molar-refractivity contribution in [2.45, 2.75) is 30.9 Å². The van der Waals surface area contributed by atoms with E-state index in [2.05, 4.69) is 14.9 Å². The molecular weight excluding hydrogens is 456 g/mol. The van der Waals surface area contributed by atoms with Gasteiger partial charge in [0.05, 0.1) is 11.3 Å². The number of hydrogen-bond donors (Lipinski definition) is 0. The largest absolute Gasteiger partial charge is 0.452 e. The van der Waals surface area contributed by atoms with Gasteiger partial charge in [-0.2, -0.15) is 8.78 Å². The molecule has 8 nitrogen and oxygen atoms in total. The highest BCUT2D eigenvalue weighted by Crippen LogP contribution is 2.24. The number of hydrogen-bond acceptors (Lipinski definition) is 8. The molecule has 0 unspecified atom stereocenters. The van der Waals surface area contributed by atoms with E-state index in [9.17, 15) is 18.4 Å². The van der Waals surface area contributed by atoms with Gasteiger partial charge in [-0.05, 0) is 36.8 Å². The lowest BCUT2D eigenvalue weighted by atomic mass is 10.2. The first kappa shape index (κ1) is 24.2. The summed E-state index contributed by atoms with van der Waals surface area (Å²) in [7, 11) is 1.55. The molecule has 0 saturated heterocycles. The van der Waals surface area contributed by atoms with Gasteiger partial charge in [0.1, 0.15) is 16.5 Å². The van der Waals surface area contributed by atoms with Gasteiger partial charge >= 0.3 is 12.6 Å². The number of likely N-dealkylation sites (N-methyl/N-ethyl adjacent to an activating group) is 1. The molecule has 3 aromatic rings. The molecule has 0 fully saturated rings. The van der Waals surface area contributed by atoms with Crippen molar-refractivity contribution >= 4 is 23.6 Å². The molecule has 1 amide bonds. The monoisotopic (exact) mass is 477 g/mol. The van der Waals surface area contributed by atoms with E-state index in [1.807, 2.05) is 0 Å². The van der Waals surface area contributed by atoms with Crippen molar-refractivity contribution in [3.63, 3.8) is 0 Å². The minimum atomic E-state index is -2.90. The van der Waals surface area contributed by atoms with Crippen LogP contribution >= 0.6 is 11.8 Å². The van der Waals surface area contributed by atoms with Crippen LogP contribution in [-0.4, -0.2) is 47.2 Å². The number of nitrogens with zero attached hydrogens (tertiary/aromatic N) is 3. The molecule has 0 bridgehead atoms. The summed E-state index contributed by atoms with van der Waals surface area (Å²) in [6, 6.07) is 10.9. The van der Waals surface area contributed by atoms with Crippen molar-refractivity contribution in [3.05, 3.63) is 71.2 Å². The van der Waals surface area contributed by atoms with Crippen molar-refractivity contribution in [3.8, 4) is 5.75 Å². The molecule has 3 rings (SSSR count). The Hall–Kier alpha value is -3.47. The normalized spacial score (nSPS) is 10.8. The molecule has 0 spiro atoms. The maximum Gasteiger partial charge on any atom is 0.387 e. The van der Waals surface area contributed by atoms with Crippen LogP contribution in [0.25, 0.3) is 0 Å². The van der Waals surface area contributed by atoms with Gasteiger partial charge in [0, 0.05) is 31.6 Å². The number of pyridine rings is 1. The zero-order valence-corrected chi connectivity index (χ0v) is 18.7. The number of alkyl halides is 2. The lowest BCUT2D eigenvalue weighted by molar-refractivity contribution is -0.133. The average Bonchev–Trinajstić information content (AvgIpc) is 3.22. The zero-order valence-electron chi connectivity index (χ0n) is 17.9. The fourth-order valence-electron chi connectivity index (χ4n) is 2.74. The topological polar surface area (TPSA) is 94.8 Å². The van der Waals surface area contributed by atoms with Crippen LogP contribution in [-0.2, 0) is 21.8 Å². The number of benzene rings is 1. The van der Waals surface area contributed by atoms with Crippen molar-refractivity contribution in [1.82, 2.24) is 15.0 Å². The second-order valence-electron chi connectivity index (χ2n) is 6.92. The SMILES string of the molecule is Cc1cc(CSc2ncccc2C(=O)OCC(=O)N(C)Cc2ccc(OC(F)F)cc2)no1. The first-order chi connectivity index (χ1) is 15.8. The van der Waals surface area contributed by atoms with Crippen LogP contribution in [0, 0.1) is 6.92 Å². The first-order valence-corrected chi connectivity index (χ1v) is 10.7. The molecule has 0 N–H and O–H groups in total. The third-order valence-corrected chi connectivity index (χ3v) is 5.38. The Kier molecular flexibility index (Phi) is 8.36. The van der Waals surface area contributed by atoms with E-state index >= 15 is 0 Å². The Morgan fingerprint density at radius 3 is 2.64 bits per heavy atom. The zero-order chi connectivity index (χ0) is 23.8. The summed E-state index contributed by atoms with van der Waals surface area (Å²) in [5, 5.41) is 4.36. The number of thioether (sulfide) groups is 1. The van der Waals surface area contributed by atoms with Gasteiger partial charge in [-0.25, -0.2) is 9.78 Å². The number of carbonyl (C=O) groups excluding carboxylic acids is 2. The molecular formula is C22H21F2N3O5S. The standard InChI is InChI=1S/C22H21F2N3O5S/c1-14-10-16(26-32-14)13-33-20-18(4-3-9-25-20)21(29)30-12-19(28)27(2)11-15-5-7-17(8-6-15)31-22(23)24/h3-10,22H,11-13H2,1-2H3. The molecule has 11 heteroatoms. The molecule has 33 heavy (non-hydrogen) atoms. The smallest absolute Gasteiger partial charge is 0.387 e. The van der Waals surface area contributed by atoms with Gasteiger partial charge < -0.3 is 18.9 Å². The number of rotatable bonds is 10. The molecule has 2 heterocycles. The highest BCUT2D eigenvalue weighted by molar-refractivity contribution is 7.98. The molecule has 0 aliphatic heterocycles. The lowest BCUT2D eigenvalue weighted by Gasteiger charge is -2.17. The van der Waals surface area contributed by atoms with Crippen LogP contribution in [0.5, 0.6) is 5.75 Å². The molecule has 1 aromatic carbocycles. The van der Waals surface area contributed by atoms with E-state index in [1.54, 1.807) is 50.5 Å². The summed E-state index contributed by atoms with van der Waals surface area (Å²) in [4.78, 5) is 30.5. The highest BCUT2D eigenvalue weighted by atomic mass is 32.2. The first-order valence-electron chi connectivity index (χ1n) is 9.76. The fraction of sp³-hybridized carbons (Fsp3) is 0.273. The van der Waals surface area contributed by atoms with E-state index in [4.69, 9.17) is 9.26 Å². The van der Waals surface area contributed by atoms with Crippen LogP contribution in [0.15, 0.2) is 58.2 Å². The highest BCUT2D eigenvalue weighted by Gasteiger charge is 2.18. The predicted octanol–water partition coefficient (Wildman–Crippen LogP) is 4.09. The molecule has 0 aliphatic rings. The quantitative estimate of drug-likeness (QED) is 0.318. The number of aryl methyl sites for hydroxylation is 1. The number of aromatic nitrogens is 2. The average molecular weight is 477 g/mol. The van der Waals surface area contributed by atoms with Gasteiger partial charge in [0.25, 0.3) is 5.91 Å². The van der Waals surface area contributed by atoms with E-state index in [0.29, 0.717) is 27.8 Å². The van der Waals surface area contributed by atoms with Crippen LogP contribution < -0.4 is 4.74 Å². The Morgan fingerprint density at radius 1 is 1.21 bits per heavy atom. The van der Waals surface area contributed by atoms with Gasteiger partial charge in [-0.1, -0.05) is 29.1 Å². The van der Waals surface area contributed by atoms with E-state index < -0.39 is 25.1 Å². The summed E-state index contributed by atoms with van der Waals surface area (Å²) in [5.74, 6) is 0.0775. The number of amides is 1. The van der Waals surface area contributed by atoms with Crippen molar-refractivity contribution in [2.75, 3.05) is 13.7 Å². The van der Waals surface area contributed by atoms with Gasteiger partial charge in [-0.3, -0.25) is 4.79 Å². The Bertz CT molecular complexity index is 1090. The molecule has 2 aromatic heterocycles. The summed E-state index contributed by atoms with van der Waals surface area (Å²) in [6.07, 6.45) is 1.56. The number of halogens is 2. The summed E-state index contributed by atoms with van der Waals surface area (Å²) in [6.45, 7) is -1.37. The van der Waals surface area contributed by atoms with Crippen LogP contribution in [0.1, 0.15) is 27.4 Å². The molecule has 174 valence electrons. The number of carbonyl (C=O) groups is 2. The summed E-state index contributed by atoms with van der Waals surface area (Å²) in [5.41, 5.74) is 1.66. The Balaban J connectivity index is 1.52. The summed E-state index contributed by atoms with van der Waals surface area (Å²) < 4.78 is 39.0. The molecule has 0 aliphatic carbocycles. The van der Waals surface area contributed by atoms with Crippen molar-refractivity contribution in [2.24, 2.45) is 0 Å². The van der Waals surface area contributed by atoms with Crippen LogP contribution in [0.3, 0.4) is 0 Å². The minimum absolute atomic E-state index is 0.0282. The second-order valence-corrected chi connectivity index (χ2v) is 7.89. The third kappa shape index (κ3) is 7.28. The maximum absolute atomic E-state index is 12.5. The van der Waals surface area contributed by atoms with Crippen LogP contribution in [0.4, 0.5) is 8.78 Å². The number of ether oxygens (including phenoxy) is 2. The minimum Gasteiger partial charge on any atom is -0.452 e. The predicted molar refractivity (Wildman–Crippen MR) is 115 cm³/mol. The maximum atomic E-state index is 12.5. The Morgan fingerprint density at radius 2 is 1.97 bits per heavy atom. The summed E-state index contributed by atoms with van der Waals surface area (Å²) >= 11 is 1.30. The van der Waals surface area contributed by atoms with E-state index in [-0.39, 0.29) is 17.9 Å². The lowest BCUT2D eigenvalue weighted by Crippen LogP contribution is -2.30. The second kappa shape index (κ2) is 11.4. The van der Waals surface area contributed by atoms with E-state index in [1.165, 1.54) is 28.8 Å². The number of esters is 1. The van der Waals surface area contributed by atoms with Gasteiger partial charge in [-0.15, -0.1) is 0 Å². The molecule has 0 atom stereocenters. The molecule has 0 saturated carbocycles. The van der Waals surface area contributed by atoms with Crippen molar-refractivity contribution in [1.29, 1.82) is 0 Å². The van der Waals surface area contributed by atoms with Gasteiger partial charge in [0.15, 0.2) is 6.61 Å². The fourth-order valence-corrected chi connectivity index (χ4v) is 3.61. The molecule has 0 radical (unpaired) electrons.